The summed E-state index contributed by atoms with van der Waals surface area (Å²) in [6.07, 6.45) is 1.50. The molecule has 7 nitrogen and oxygen atoms in total. The minimum atomic E-state index is -0.420. The maximum Gasteiger partial charge on any atom is 0.267 e. The highest BCUT2D eigenvalue weighted by molar-refractivity contribution is 5.90. The average molecular weight is 320 g/mol. The van der Waals surface area contributed by atoms with Crippen LogP contribution in [0.5, 0.6) is 0 Å². The van der Waals surface area contributed by atoms with Crippen LogP contribution < -0.4 is 10.9 Å². The van der Waals surface area contributed by atoms with E-state index in [1.807, 2.05) is 6.07 Å². The molecule has 1 N–H and O–H groups in total. The van der Waals surface area contributed by atoms with Gasteiger partial charge >= 0.3 is 0 Å². The smallest absolute Gasteiger partial charge is 0.267 e. The molecule has 0 aliphatic rings. The number of aromatic nitrogens is 2. The third kappa shape index (κ3) is 3.39. The molecule has 0 saturated carbocycles. The molecule has 0 fully saturated rings. The Morgan fingerprint density at radius 1 is 1.25 bits per heavy atom. The van der Waals surface area contributed by atoms with Crippen molar-refractivity contribution in [2.75, 3.05) is 5.32 Å². The summed E-state index contributed by atoms with van der Waals surface area (Å²) in [6, 6.07) is 14.8. The monoisotopic (exact) mass is 320 g/mol. The third-order valence-electron chi connectivity index (χ3n) is 3.21. The summed E-state index contributed by atoms with van der Waals surface area (Å²) in [5.74, 6) is 0.0853. The van der Waals surface area contributed by atoms with Crippen LogP contribution in [0.4, 0.5) is 5.69 Å². The molecule has 0 aliphatic heterocycles. The molecule has 0 saturated heterocycles. The average Bonchev–Trinajstić information content (AvgIpc) is 3.11. The number of amides is 1. The summed E-state index contributed by atoms with van der Waals surface area (Å²) in [7, 11) is 0. The number of hydrogen-bond acceptors (Lipinski definition) is 5. The first-order chi connectivity index (χ1) is 11.7. The third-order valence-corrected chi connectivity index (χ3v) is 3.21. The molecule has 0 radical (unpaired) electrons. The van der Waals surface area contributed by atoms with E-state index >= 15 is 0 Å². The Hall–Kier alpha value is -3.66. The highest BCUT2D eigenvalue weighted by Crippen LogP contribution is 2.15. The largest absolute Gasteiger partial charge is 0.463 e. The Kier molecular flexibility index (Phi) is 4.21. The van der Waals surface area contributed by atoms with Gasteiger partial charge in [0.25, 0.3) is 5.56 Å². The molecular weight excluding hydrogens is 308 g/mol. The van der Waals surface area contributed by atoms with Gasteiger partial charge in [-0.2, -0.15) is 10.4 Å². The van der Waals surface area contributed by atoms with Crippen LogP contribution in [0.15, 0.2) is 64.0 Å². The van der Waals surface area contributed by atoms with Crippen LogP contribution in [-0.2, 0) is 11.3 Å². The minimum absolute atomic E-state index is 0.246. The Morgan fingerprint density at radius 2 is 2.12 bits per heavy atom. The molecule has 1 aromatic carbocycles. The van der Waals surface area contributed by atoms with E-state index in [1.54, 1.807) is 36.4 Å². The van der Waals surface area contributed by atoms with Crippen LogP contribution in [0.2, 0.25) is 0 Å². The van der Waals surface area contributed by atoms with Gasteiger partial charge in [0.05, 0.1) is 17.9 Å². The molecule has 0 spiro atoms. The van der Waals surface area contributed by atoms with Crippen LogP contribution in [0.1, 0.15) is 5.56 Å². The number of anilines is 1. The summed E-state index contributed by atoms with van der Waals surface area (Å²) < 4.78 is 6.29. The Bertz CT molecular complexity index is 968. The van der Waals surface area contributed by atoms with Crippen molar-refractivity contribution in [2.45, 2.75) is 6.54 Å². The van der Waals surface area contributed by atoms with Crippen molar-refractivity contribution in [3.8, 4) is 17.5 Å². The summed E-state index contributed by atoms with van der Waals surface area (Å²) in [5.41, 5.74) is 0.974. The van der Waals surface area contributed by atoms with Gasteiger partial charge in [-0.05, 0) is 36.4 Å². The Balaban J connectivity index is 1.78. The van der Waals surface area contributed by atoms with E-state index in [9.17, 15) is 9.59 Å². The van der Waals surface area contributed by atoms with Gasteiger partial charge < -0.3 is 9.73 Å². The van der Waals surface area contributed by atoms with Crippen LogP contribution >= 0.6 is 0 Å². The molecule has 3 rings (SSSR count). The van der Waals surface area contributed by atoms with Gasteiger partial charge in [0.15, 0.2) is 5.76 Å². The van der Waals surface area contributed by atoms with Crippen LogP contribution in [0.25, 0.3) is 11.5 Å². The summed E-state index contributed by atoms with van der Waals surface area (Å²) in [5, 5.41) is 15.6. The van der Waals surface area contributed by atoms with Crippen molar-refractivity contribution in [1.82, 2.24) is 9.78 Å². The second-order valence-corrected chi connectivity index (χ2v) is 4.93. The van der Waals surface area contributed by atoms with Crippen molar-refractivity contribution in [2.24, 2.45) is 0 Å². The highest BCUT2D eigenvalue weighted by atomic mass is 16.3. The number of hydrogen-bond donors (Lipinski definition) is 1. The number of nitriles is 1. The van der Waals surface area contributed by atoms with Crippen molar-refractivity contribution < 1.29 is 9.21 Å². The Morgan fingerprint density at radius 3 is 2.88 bits per heavy atom. The van der Waals surface area contributed by atoms with Gasteiger partial charge in [-0.3, -0.25) is 9.59 Å². The van der Waals surface area contributed by atoms with E-state index in [2.05, 4.69) is 10.4 Å². The number of benzene rings is 1. The lowest BCUT2D eigenvalue weighted by molar-refractivity contribution is -0.117. The molecular formula is C17H12N4O3. The summed E-state index contributed by atoms with van der Waals surface area (Å²) in [6.45, 7) is -0.246. The molecule has 24 heavy (non-hydrogen) atoms. The number of nitrogens with one attached hydrogen (secondary N) is 1. The van der Waals surface area contributed by atoms with Crippen molar-refractivity contribution in [1.29, 1.82) is 5.26 Å². The predicted octanol–water partition coefficient (Wildman–Crippen LogP) is 2.01. The van der Waals surface area contributed by atoms with Gasteiger partial charge in [-0.15, -0.1) is 0 Å². The molecule has 7 heteroatoms. The van der Waals surface area contributed by atoms with Gasteiger partial charge in [-0.25, -0.2) is 4.68 Å². The number of rotatable bonds is 4. The first kappa shape index (κ1) is 15.2. The zero-order valence-corrected chi connectivity index (χ0v) is 12.5. The number of carbonyl (C=O) groups excluding carboxylic acids is 1. The van der Waals surface area contributed by atoms with Crippen LogP contribution in [-0.4, -0.2) is 15.7 Å². The lowest BCUT2D eigenvalue weighted by Gasteiger charge is -2.07. The van der Waals surface area contributed by atoms with Crippen molar-refractivity contribution >= 4 is 11.6 Å². The van der Waals surface area contributed by atoms with E-state index < -0.39 is 11.5 Å². The first-order valence-corrected chi connectivity index (χ1v) is 7.08. The van der Waals surface area contributed by atoms with Crippen LogP contribution in [0.3, 0.4) is 0 Å². The van der Waals surface area contributed by atoms with Crippen molar-refractivity contribution in [3.05, 3.63) is 70.7 Å². The minimum Gasteiger partial charge on any atom is -0.463 e. The van der Waals surface area contributed by atoms with Gasteiger partial charge in [0, 0.05) is 11.8 Å². The molecule has 0 atom stereocenters. The molecule has 2 aromatic heterocycles. The standard InChI is InChI=1S/C17H12N4O3/c18-10-12-3-1-4-13(9-12)19-16(22)11-21-17(23)7-6-14(20-21)15-5-2-8-24-15/h1-9H,11H2,(H,19,22). The van der Waals surface area contributed by atoms with E-state index in [0.29, 0.717) is 22.7 Å². The van der Waals surface area contributed by atoms with E-state index in [4.69, 9.17) is 9.68 Å². The molecule has 3 aromatic rings. The first-order valence-electron chi connectivity index (χ1n) is 7.08. The maximum atomic E-state index is 12.1. The SMILES string of the molecule is N#Cc1cccc(NC(=O)Cn2nc(-c3ccco3)ccc2=O)c1. The zero-order chi connectivity index (χ0) is 16.9. The van der Waals surface area contributed by atoms with Crippen LogP contribution in [0, 0.1) is 11.3 Å². The molecule has 1 amide bonds. The number of nitrogens with zero attached hydrogens (tertiary/aromatic N) is 3. The predicted molar refractivity (Wildman–Crippen MR) is 86.0 cm³/mol. The summed E-state index contributed by atoms with van der Waals surface area (Å²) in [4.78, 5) is 24.0. The lowest BCUT2D eigenvalue weighted by atomic mass is 10.2. The highest BCUT2D eigenvalue weighted by Gasteiger charge is 2.10. The van der Waals surface area contributed by atoms with Gasteiger partial charge in [-0.1, -0.05) is 6.07 Å². The summed E-state index contributed by atoms with van der Waals surface area (Å²) >= 11 is 0. The molecule has 0 aliphatic carbocycles. The second kappa shape index (κ2) is 6.62. The zero-order valence-electron chi connectivity index (χ0n) is 12.5. The molecule has 0 bridgehead atoms. The normalized spacial score (nSPS) is 10.1. The number of carbonyl (C=O) groups is 1. The van der Waals surface area contributed by atoms with Gasteiger partial charge in [0.2, 0.25) is 5.91 Å². The van der Waals surface area contributed by atoms with Gasteiger partial charge in [0.1, 0.15) is 12.2 Å². The Labute approximate surface area is 136 Å². The number of furan rings is 1. The van der Waals surface area contributed by atoms with E-state index in [0.717, 1.165) is 4.68 Å². The quantitative estimate of drug-likeness (QED) is 0.792. The topological polar surface area (TPSA) is 101 Å². The molecule has 118 valence electrons. The second-order valence-electron chi connectivity index (χ2n) is 4.93. The molecule has 0 unspecified atom stereocenters. The maximum absolute atomic E-state index is 12.1. The van der Waals surface area contributed by atoms with Crippen molar-refractivity contribution in [3.63, 3.8) is 0 Å². The van der Waals surface area contributed by atoms with E-state index in [-0.39, 0.29) is 6.54 Å². The fraction of sp³-hybridized carbons (Fsp3) is 0.0588. The molecule has 2 heterocycles. The van der Waals surface area contributed by atoms with E-state index in [1.165, 1.54) is 18.4 Å². The fourth-order valence-electron chi connectivity index (χ4n) is 2.12. The lowest BCUT2D eigenvalue weighted by Crippen LogP contribution is -2.29. The fourth-order valence-corrected chi connectivity index (χ4v) is 2.12.